The van der Waals surface area contributed by atoms with Crippen LogP contribution in [0.3, 0.4) is 0 Å². The molecule has 14 heavy (non-hydrogen) atoms. The number of carbonyl (C=O) groups is 2. The van der Waals surface area contributed by atoms with Gasteiger partial charge in [0.05, 0.1) is 14.7 Å². The maximum atomic E-state index is 10.7. The summed E-state index contributed by atoms with van der Waals surface area (Å²) in [5, 5.41) is 17.3. The molecule has 0 atom stereocenters. The topological polar surface area (TPSA) is 91.7 Å². The molecule has 0 bridgehead atoms. The molecule has 0 radical (unpaired) electrons. The van der Waals surface area contributed by atoms with E-state index in [0.717, 1.165) is 12.1 Å². The predicted molar refractivity (Wildman–Crippen MR) is 53.8 cm³/mol. The molecule has 0 aliphatic rings. The minimum Gasteiger partial charge on any atom is -0.478 e. The van der Waals surface area contributed by atoms with Gasteiger partial charge in [-0.2, -0.15) is 0 Å². The number of carboxylic acid groups (broad SMARTS) is 2. The first-order valence-corrected chi connectivity index (χ1v) is 5.40. The SMILES string of the molecule is O=Ic1cc(C(=O)O)ccc1C(=O)O. The molecule has 0 saturated heterocycles. The molecule has 0 aliphatic heterocycles. The number of benzene rings is 1. The van der Waals surface area contributed by atoms with E-state index in [0.29, 0.717) is 0 Å². The number of hydrogen-bond donors (Lipinski definition) is 2. The highest BCUT2D eigenvalue weighted by atomic mass is 127. The van der Waals surface area contributed by atoms with Crippen molar-refractivity contribution in [1.82, 2.24) is 0 Å². The molecule has 6 heteroatoms. The summed E-state index contributed by atoms with van der Waals surface area (Å²) >= 11 is -1.68. The van der Waals surface area contributed by atoms with E-state index in [4.69, 9.17) is 10.2 Å². The highest BCUT2D eigenvalue weighted by Crippen LogP contribution is 2.18. The normalized spacial score (nSPS) is 9.71. The van der Waals surface area contributed by atoms with Crippen molar-refractivity contribution in [3.8, 4) is 0 Å². The van der Waals surface area contributed by atoms with E-state index in [9.17, 15) is 12.7 Å². The van der Waals surface area contributed by atoms with E-state index >= 15 is 0 Å². The number of halogens is 1. The maximum absolute atomic E-state index is 10.7. The lowest BCUT2D eigenvalue weighted by atomic mass is 10.1. The quantitative estimate of drug-likeness (QED) is 0.827. The zero-order chi connectivity index (χ0) is 10.7. The molecule has 1 aromatic rings. The first-order chi connectivity index (χ1) is 6.56. The van der Waals surface area contributed by atoms with E-state index in [1.54, 1.807) is 0 Å². The summed E-state index contributed by atoms with van der Waals surface area (Å²) < 4.78 is 10.8. The Morgan fingerprint density at radius 2 is 1.79 bits per heavy atom. The first kappa shape index (κ1) is 10.8. The Kier molecular flexibility index (Phi) is 3.28. The average Bonchev–Trinajstić information content (AvgIpc) is 2.16. The molecule has 0 unspecified atom stereocenters. The molecule has 1 rings (SSSR count). The highest BCUT2D eigenvalue weighted by Gasteiger charge is 2.13. The summed E-state index contributed by atoms with van der Waals surface area (Å²) in [5.41, 5.74) is -0.154. The molecule has 74 valence electrons. The van der Waals surface area contributed by atoms with Crippen LogP contribution in [0, 0.1) is 3.57 Å². The highest BCUT2D eigenvalue weighted by molar-refractivity contribution is 14.1. The molecule has 0 aliphatic carbocycles. The molecule has 0 amide bonds. The van der Waals surface area contributed by atoms with Crippen LogP contribution < -0.4 is 0 Å². The Morgan fingerprint density at radius 3 is 2.21 bits per heavy atom. The Morgan fingerprint density at radius 1 is 1.14 bits per heavy atom. The van der Waals surface area contributed by atoms with Crippen molar-refractivity contribution < 1.29 is 22.9 Å². The van der Waals surface area contributed by atoms with Crippen LogP contribution in [0.5, 0.6) is 0 Å². The van der Waals surface area contributed by atoms with E-state index in [1.807, 2.05) is 0 Å². The maximum Gasteiger partial charge on any atom is 0.336 e. The molecule has 5 nitrogen and oxygen atoms in total. The van der Waals surface area contributed by atoms with Gasteiger partial charge in [-0.05, 0) is 18.2 Å². The van der Waals surface area contributed by atoms with Crippen LogP contribution >= 0.6 is 21.2 Å². The van der Waals surface area contributed by atoms with Crippen molar-refractivity contribution in [2.75, 3.05) is 0 Å². The summed E-state index contributed by atoms with van der Waals surface area (Å²) in [6.45, 7) is 0. The summed E-state index contributed by atoms with van der Waals surface area (Å²) in [6, 6.07) is 3.46. The van der Waals surface area contributed by atoms with Gasteiger partial charge in [-0.25, -0.2) is 9.59 Å². The predicted octanol–water partition coefficient (Wildman–Crippen LogP) is 1.57. The number of rotatable bonds is 3. The second-order valence-electron chi connectivity index (χ2n) is 2.38. The third kappa shape index (κ3) is 2.13. The zero-order valence-electron chi connectivity index (χ0n) is 6.73. The lowest BCUT2D eigenvalue weighted by Gasteiger charge is -1.99. The molecular weight excluding hydrogens is 303 g/mol. The molecule has 2 N–H and O–H groups in total. The fourth-order valence-corrected chi connectivity index (χ4v) is 2.00. The molecule has 0 spiro atoms. The van der Waals surface area contributed by atoms with Gasteiger partial charge < -0.3 is 10.2 Å². The molecule has 0 aromatic heterocycles. The van der Waals surface area contributed by atoms with Crippen LogP contribution in [0.15, 0.2) is 18.2 Å². The first-order valence-electron chi connectivity index (χ1n) is 3.44. The van der Waals surface area contributed by atoms with Crippen LogP contribution in [0.2, 0.25) is 0 Å². The molecule has 0 heterocycles. The lowest BCUT2D eigenvalue weighted by molar-refractivity contribution is 0.0680. The van der Waals surface area contributed by atoms with E-state index < -0.39 is 33.1 Å². The van der Waals surface area contributed by atoms with Gasteiger partial charge in [0, 0.05) is 0 Å². The second kappa shape index (κ2) is 4.27. The van der Waals surface area contributed by atoms with E-state index in [1.165, 1.54) is 6.07 Å². The smallest absolute Gasteiger partial charge is 0.336 e. The molecule has 0 fully saturated rings. The number of hydrogen-bond acceptors (Lipinski definition) is 3. The monoisotopic (exact) mass is 308 g/mol. The second-order valence-corrected chi connectivity index (χ2v) is 3.98. The fraction of sp³-hybridized carbons (Fsp3) is 0. The van der Waals surface area contributed by atoms with Gasteiger partial charge in [-0.15, -0.1) is 0 Å². The van der Waals surface area contributed by atoms with Crippen molar-refractivity contribution in [3.63, 3.8) is 0 Å². The van der Waals surface area contributed by atoms with Gasteiger partial charge in [-0.3, -0.25) is 3.07 Å². The van der Waals surface area contributed by atoms with Crippen molar-refractivity contribution >= 4 is 33.1 Å². The summed E-state index contributed by atoms with van der Waals surface area (Å²) in [4.78, 5) is 21.1. The standard InChI is InChI=1S/C8H5IO5/c10-7(11)4-1-2-5(8(12)13)6(3-4)9-14/h1-3H,(H,10,11)(H,12,13). The van der Waals surface area contributed by atoms with Crippen molar-refractivity contribution in [2.24, 2.45) is 0 Å². The molecule has 0 saturated carbocycles. The van der Waals surface area contributed by atoms with Crippen LogP contribution in [-0.4, -0.2) is 22.2 Å². The van der Waals surface area contributed by atoms with Crippen molar-refractivity contribution in [3.05, 3.63) is 32.9 Å². The molecule has 1 aromatic carbocycles. The third-order valence-electron chi connectivity index (χ3n) is 1.53. The van der Waals surface area contributed by atoms with Gasteiger partial charge in [-0.1, -0.05) is 0 Å². The third-order valence-corrected chi connectivity index (χ3v) is 2.90. The Labute approximate surface area is 89.0 Å². The van der Waals surface area contributed by atoms with Crippen LogP contribution in [0.1, 0.15) is 20.7 Å². The van der Waals surface area contributed by atoms with Crippen LogP contribution in [-0.2, 0) is 3.07 Å². The van der Waals surface area contributed by atoms with Gasteiger partial charge in [0.1, 0.15) is 0 Å². The Hall–Kier alpha value is -1.31. The zero-order valence-corrected chi connectivity index (χ0v) is 8.89. The van der Waals surface area contributed by atoms with Crippen molar-refractivity contribution in [1.29, 1.82) is 0 Å². The lowest BCUT2D eigenvalue weighted by Crippen LogP contribution is -2.03. The minimum absolute atomic E-state index is 0.0550. The average molecular weight is 308 g/mol. The number of aromatic carboxylic acids is 2. The van der Waals surface area contributed by atoms with Crippen LogP contribution in [0.4, 0.5) is 0 Å². The van der Waals surface area contributed by atoms with Gasteiger partial charge in [0.15, 0.2) is 21.2 Å². The molecular formula is C8H5IO5. The van der Waals surface area contributed by atoms with Crippen molar-refractivity contribution in [2.45, 2.75) is 0 Å². The summed E-state index contributed by atoms with van der Waals surface area (Å²) in [6.07, 6.45) is 0. The van der Waals surface area contributed by atoms with Crippen LogP contribution in [0.25, 0.3) is 0 Å². The van der Waals surface area contributed by atoms with E-state index in [2.05, 4.69) is 0 Å². The van der Waals surface area contributed by atoms with E-state index in [-0.39, 0.29) is 14.7 Å². The summed E-state index contributed by atoms with van der Waals surface area (Å²) in [7, 11) is 0. The number of carboxylic acids is 2. The van der Waals surface area contributed by atoms with Gasteiger partial charge in [0.25, 0.3) is 0 Å². The largest absolute Gasteiger partial charge is 0.478 e. The summed E-state index contributed by atoms with van der Waals surface area (Å²) in [5.74, 6) is -2.37. The fourth-order valence-electron chi connectivity index (χ4n) is 0.885. The Bertz CT molecular complexity index is 412. The minimum atomic E-state index is -1.68. The van der Waals surface area contributed by atoms with Gasteiger partial charge >= 0.3 is 11.9 Å². The Balaban J connectivity index is 3.32. The van der Waals surface area contributed by atoms with Gasteiger partial charge in [0.2, 0.25) is 0 Å².